The number of hydrogen-bond acceptors (Lipinski definition) is 5. The number of amides is 1. The lowest BCUT2D eigenvalue weighted by Gasteiger charge is -2.24. The molecule has 3 unspecified atom stereocenters. The molecule has 0 saturated heterocycles. The molecule has 3 atom stereocenters. The van der Waals surface area contributed by atoms with Crippen molar-refractivity contribution in [2.24, 2.45) is 0 Å². The van der Waals surface area contributed by atoms with Gasteiger partial charge in [-0.15, -0.1) is 0 Å². The van der Waals surface area contributed by atoms with Crippen molar-refractivity contribution in [1.82, 2.24) is 5.32 Å². The molecule has 0 aliphatic rings. The van der Waals surface area contributed by atoms with Crippen LogP contribution in [0.5, 0.6) is 0 Å². The van der Waals surface area contributed by atoms with Crippen LogP contribution < -0.4 is 5.32 Å². The zero-order valence-corrected chi connectivity index (χ0v) is 41.8. The van der Waals surface area contributed by atoms with Crippen LogP contribution in [0.1, 0.15) is 213 Å². The molecule has 0 aliphatic carbocycles. The maximum Gasteiger partial charge on any atom is 0.306 e. The van der Waals surface area contributed by atoms with Crippen molar-refractivity contribution >= 4 is 11.9 Å². The van der Waals surface area contributed by atoms with Crippen molar-refractivity contribution in [3.8, 4) is 0 Å². The number of nitrogens with one attached hydrogen (secondary N) is 1. The van der Waals surface area contributed by atoms with Crippen LogP contribution in [0.4, 0.5) is 0 Å². The van der Waals surface area contributed by atoms with Crippen molar-refractivity contribution in [3.05, 3.63) is 122 Å². The molecule has 6 nitrogen and oxygen atoms in total. The second-order valence-corrected chi connectivity index (χ2v) is 17.2. The fraction of sp³-hybridized carbons (Fsp3) is 0.627. The number of rotatable bonds is 45. The number of unbranched alkanes of at least 4 members (excludes halogenated alkanes) is 13. The normalized spacial score (nSPS) is 14.2. The molecule has 1 amide bonds. The van der Waals surface area contributed by atoms with E-state index in [4.69, 9.17) is 4.74 Å². The molecule has 0 bridgehead atoms. The smallest absolute Gasteiger partial charge is 0.306 e. The number of aliphatic hydroxyl groups is 2. The summed E-state index contributed by atoms with van der Waals surface area (Å²) in [4.78, 5) is 26.2. The molecule has 3 N–H and O–H groups in total. The summed E-state index contributed by atoms with van der Waals surface area (Å²) in [5.41, 5.74) is 0. The molecule has 6 heteroatoms. The monoisotopic (exact) mass is 900 g/mol. The lowest BCUT2D eigenvalue weighted by molar-refractivity contribution is -0.151. The van der Waals surface area contributed by atoms with Gasteiger partial charge in [-0.3, -0.25) is 9.59 Å². The Kier molecular flexibility index (Phi) is 48.3. The molecule has 0 aromatic heterocycles. The van der Waals surface area contributed by atoms with Gasteiger partial charge in [0.1, 0.15) is 6.10 Å². The van der Waals surface area contributed by atoms with Gasteiger partial charge in [0.15, 0.2) is 0 Å². The van der Waals surface area contributed by atoms with Gasteiger partial charge >= 0.3 is 5.97 Å². The first-order chi connectivity index (χ1) is 32.0. The van der Waals surface area contributed by atoms with Crippen LogP contribution in [-0.4, -0.2) is 46.9 Å². The van der Waals surface area contributed by atoms with E-state index in [0.29, 0.717) is 19.3 Å². The molecule has 0 rings (SSSR count). The van der Waals surface area contributed by atoms with Crippen LogP contribution >= 0.6 is 0 Å². The Hall–Kier alpha value is -3.74. The Morgan fingerprint density at radius 3 is 1.23 bits per heavy atom. The van der Waals surface area contributed by atoms with Gasteiger partial charge in [0, 0.05) is 6.42 Å². The number of carbonyl (C=O) groups excluding carboxylic acids is 2. The van der Waals surface area contributed by atoms with E-state index in [1.807, 2.05) is 0 Å². The average molecular weight is 900 g/mol. The van der Waals surface area contributed by atoms with Gasteiger partial charge in [0.25, 0.3) is 0 Å². The molecule has 0 aliphatic heterocycles. The minimum atomic E-state index is -0.820. The summed E-state index contributed by atoms with van der Waals surface area (Å²) in [7, 11) is 0. The summed E-state index contributed by atoms with van der Waals surface area (Å²) in [6, 6.07) is -0.740. The van der Waals surface area contributed by atoms with E-state index in [1.165, 1.54) is 57.8 Å². The van der Waals surface area contributed by atoms with Gasteiger partial charge in [0.05, 0.1) is 25.2 Å². The minimum absolute atomic E-state index is 0.00794. The third-order valence-electron chi connectivity index (χ3n) is 11.0. The van der Waals surface area contributed by atoms with Crippen LogP contribution in [-0.2, 0) is 14.3 Å². The third kappa shape index (κ3) is 46.6. The lowest BCUT2D eigenvalue weighted by Crippen LogP contribution is -2.46. The van der Waals surface area contributed by atoms with E-state index >= 15 is 0 Å². The second kappa shape index (κ2) is 51.2. The van der Waals surface area contributed by atoms with Crippen LogP contribution in [0.3, 0.4) is 0 Å². The second-order valence-electron chi connectivity index (χ2n) is 17.2. The van der Waals surface area contributed by atoms with E-state index in [2.05, 4.69) is 148 Å². The van der Waals surface area contributed by atoms with Crippen molar-refractivity contribution in [2.75, 3.05) is 6.61 Å². The molecule has 65 heavy (non-hydrogen) atoms. The zero-order chi connectivity index (χ0) is 47.4. The summed E-state index contributed by atoms with van der Waals surface area (Å²) in [5, 5.41) is 23.7. The van der Waals surface area contributed by atoms with Crippen LogP contribution in [0.2, 0.25) is 0 Å². The summed E-state index contributed by atoms with van der Waals surface area (Å²) < 4.78 is 5.88. The van der Waals surface area contributed by atoms with Crippen LogP contribution in [0, 0.1) is 0 Å². The predicted octanol–water partition coefficient (Wildman–Crippen LogP) is 16.1. The largest absolute Gasteiger partial charge is 0.462 e. The highest BCUT2D eigenvalue weighted by Gasteiger charge is 2.24. The van der Waals surface area contributed by atoms with Gasteiger partial charge in [-0.2, -0.15) is 0 Å². The Morgan fingerprint density at radius 1 is 0.462 bits per heavy atom. The Bertz CT molecular complexity index is 1380. The molecule has 0 saturated carbocycles. The van der Waals surface area contributed by atoms with Crippen molar-refractivity contribution in [3.63, 3.8) is 0 Å². The van der Waals surface area contributed by atoms with Gasteiger partial charge in [0.2, 0.25) is 5.91 Å². The zero-order valence-electron chi connectivity index (χ0n) is 41.8. The number of ether oxygens (including phenoxy) is 1. The molecule has 0 aromatic rings. The standard InChI is InChI=1S/C59H97NO5/c1-4-7-10-13-16-19-22-25-27-29-31-33-35-38-41-44-47-50-55(65-59(64)52-49-46-43-40-37-34-32-30-28-26-23-20-17-14-11-8-5-2)53-58(63)60-56(54-61)57(62)51-48-45-42-39-36-24-21-18-15-12-9-6-3/h7-8,10-11,16-17,19-20,25-28,31-34,38,40-41,43,55-57,61-62H,4-6,9,12-15,18,21-24,29-30,35-37,39,42,44-54H2,1-3H3,(H,60,63)/b10-7-,11-8-,19-16-,20-17-,27-25-,28-26-,33-31-,34-32-,41-38-,43-40-. The van der Waals surface area contributed by atoms with Gasteiger partial charge in [-0.25, -0.2) is 0 Å². The van der Waals surface area contributed by atoms with Crippen LogP contribution in [0.15, 0.2) is 122 Å². The molecular weight excluding hydrogens is 803 g/mol. The van der Waals surface area contributed by atoms with E-state index in [0.717, 1.165) is 103 Å². The fourth-order valence-electron chi connectivity index (χ4n) is 7.14. The topological polar surface area (TPSA) is 95.9 Å². The maximum absolute atomic E-state index is 13.2. The first-order valence-corrected chi connectivity index (χ1v) is 26.3. The predicted molar refractivity (Wildman–Crippen MR) is 282 cm³/mol. The SMILES string of the molecule is CC/C=C\C/C=C\C/C=C\C/C=C\C/C=C\CCCC(=O)OC(CCC/C=C\C/C=C\C/C=C\C/C=C\C/C=C\CC)CC(=O)NC(CO)C(O)CCCCCCCCCCCCCC. The number of esters is 1. The quantitative estimate of drug-likeness (QED) is 0.0321. The number of allylic oxidation sites excluding steroid dienone is 20. The third-order valence-corrected chi connectivity index (χ3v) is 11.0. The summed E-state index contributed by atoms with van der Waals surface area (Å²) in [6.45, 7) is 6.21. The molecular formula is C59H97NO5. The Balaban J connectivity index is 4.82. The summed E-state index contributed by atoms with van der Waals surface area (Å²) in [5.74, 6) is -0.611. The average Bonchev–Trinajstić information content (AvgIpc) is 3.30. The minimum Gasteiger partial charge on any atom is -0.462 e. The Morgan fingerprint density at radius 2 is 0.831 bits per heavy atom. The first kappa shape index (κ1) is 61.3. The molecule has 0 aromatic carbocycles. The van der Waals surface area contributed by atoms with Gasteiger partial charge in [-0.1, -0.05) is 219 Å². The van der Waals surface area contributed by atoms with Gasteiger partial charge in [-0.05, 0) is 103 Å². The summed E-state index contributed by atoms with van der Waals surface area (Å²) in [6.07, 6.45) is 71.2. The highest BCUT2D eigenvalue weighted by molar-refractivity contribution is 5.77. The van der Waals surface area contributed by atoms with Crippen molar-refractivity contribution in [1.29, 1.82) is 0 Å². The van der Waals surface area contributed by atoms with Crippen LogP contribution in [0.25, 0.3) is 0 Å². The molecule has 0 spiro atoms. The molecule has 0 fully saturated rings. The number of carbonyl (C=O) groups is 2. The first-order valence-electron chi connectivity index (χ1n) is 26.3. The molecule has 0 radical (unpaired) electrons. The van der Waals surface area contributed by atoms with Crippen molar-refractivity contribution in [2.45, 2.75) is 232 Å². The highest BCUT2D eigenvalue weighted by atomic mass is 16.5. The molecule has 368 valence electrons. The highest BCUT2D eigenvalue weighted by Crippen LogP contribution is 2.16. The van der Waals surface area contributed by atoms with Gasteiger partial charge < -0.3 is 20.3 Å². The summed E-state index contributed by atoms with van der Waals surface area (Å²) >= 11 is 0. The van der Waals surface area contributed by atoms with E-state index in [-0.39, 0.29) is 31.3 Å². The van der Waals surface area contributed by atoms with E-state index in [1.54, 1.807) is 0 Å². The number of aliphatic hydroxyl groups excluding tert-OH is 2. The fourth-order valence-corrected chi connectivity index (χ4v) is 7.14. The van der Waals surface area contributed by atoms with E-state index < -0.39 is 18.2 Å². The Labute approximate surface area is 400 Å². The van der Waals surface area contributed by atoms with E-state index in [9.17, 15) is 19.8 Å². The van der Waals surface area contributed by atoms with Crippen molar-refractivity contribution < 1.29 is 24.5 Å². The molecule has 0 heterocycles. The lowest BCUT2D eigenvalue weighted by atomic mass is 10.0. The number of hydrogen-bond donors (Lipinski definition) is 3. The maximum atomic E-state index is 13.2.